The van der Waals surface area contributed by atoms with Crippen LogP contribution in [0, 0.1) is 5.92 Å². The summed E-state index contributed by atoms with van der Waals surface area (Å²) in [5, 5.41) is 7.75. The van der Waals surface area contributed by atoms with Crippen molar-refractivity contribution < 1.29 is 8.78 Å². The summed E-state index contributed by atoms with van der Waals surface area (Å²) in [6.45, 7) is 12.4. The molecular formula is C35H44F2N6. The number of fused-ring (bicyclic) bond motifs is 2. The molecule has 228 valence electrons. The van der Waals surface area contributed by atoms with Crippen molar-refractivity contribution in [2.75, 3.05) is 44.2 Å². The molecule has 1 aromatic heterocycles. The van der Waals surface area contributed by atoms with Crippen LogP contribution in [0.2, 0.25) is 0 Å². The van der Waals surface area contributed by atoms with Gasteiger partial charge in [0, 0.05) is 67.5 Å². The maximum Gasteiger partial charge on any atom is 0.264 e. The summed E-state index contributed by atoms with van der Waals surface area (Å²) in [5.41, 5.74) is 8.78. The monoisotopic (exact) mass is 586 g/mol. The number of halogens is 2. The van der Waals surface area contributed by atoms with E-state index in [0.29, 0.717) is 11.5 Å². The fraction of sp³-hybridized carbons (Fsp3) is 0.514. The lowest BCUT2D eigenvalue weighted by molar-refractivity contribution is 0.152. The highest BCUT2D eigenvalue weighted by Gasteiger charge is 2.31. The number of likely N-dealkylation sites (tertiary alicyclic amines) is 1. The molecule has 1 N–H and O–H groups in total. The fourth-order valence-corrected chi connectivity index (χ4v) is 7.91. The number of alkyl halides is 2. The standard InChI is InChI=1S/C35H44F2N6/c1-3-41-22-28-15-27(25-8-13-42(14-9-25)20-24-6-10-38-11-7-24)17-34(32(28)23-41)43-12-4-5-26-16-30(29-19-39-40(2)21-29)31(35(36)37)18-33(26)43/h3,15-19,21,24-25,35,38H,1,4-14,20,22-23H2,2H3. The molecule has 4 aliphatic heterocycles. The molecule has 2 fully saturated rings. The van der Waals surface area contributed by atoms with E-state index in [0.717, 1.165) is 81.4 Å². The van der Waals surface area contributed by atoms with Gasteiger partial charge in [0.15, 0.2) is 0 Å². The van der Waals surface area contributed by atoms with Crippen LogP contribution in [0.3, 0.4) is 0 Å². The highest BCUT2D eigenvalue weighted by Crippen LogP contribution is 2.45. The lowest BCUT2D eigenvalue weighted by atomic mass is 9.86. The predicted octanol–water partition coefficient (Wildman–Crippen LogP) is 6.75. The molecule has 5 heterocycles. The van der Waals surface area contributed by atoms with Crippen molar-refractivity contribution in [1.82, 2.24) is 24.9 Å². The van der Waals surface area contributed by atoms with Gasteiger partial charge in [0.25, 0.3) is 6.43 Å². The highest BCUT2D eigenvalue weighted by molar-refractivity contribution is 5.78. The first-order valence-corrected chi connectivity index (χ1v) is 16.1. The van der Waals surface area contributed by atoms with Crippen LogP contribution in [-0.4, -0.2) is 58.8 Å². The highest BCUT2D eigenvalue weighted by atomic mass is 19.3. The third kappa shape index (κ3) is 5.72. The summed E-state index contributed by atoms with van der Waals surface area (Å²) in [7, 11) is 1.82. The van der Waals surface area contributed by atoms with E-state index in [4.69, 9.17) is 0 Å². The number of piperidine rings is 2. The van der Waals surface area contributed by atoms with Gasteiger partial charge in [-0.15, -0.1) is 0 Å². The molecule has 2 saturated heterocycles. The Morgan fingerprint density at radius 3 is 2.53 bits per heavy atom. The molecule has 0 atom stereocenters. The lowest BCUT2D eigenvalue weighted by Gasteiger charge is -2.37. The Morgan fingerprint density at radius 1 is 1.00 bits per heavy atom. The van der Waals surface area contributed by atoms with Gasteiger partial charge in [-0.3, -0.25) is 4.68 Å². The molecule has 43 heavy (non-hydrogen) atoms. The lowest BCUT2D eigenvalue weighted by Crippen LogP contribution is -2.39. The first kappa shape index (κ1) is 28.5. The van der Waals surface area contributed by atoms with E-state index in [2.05, 4.69) is 43.8 Å². The molecule has 0 bridgehead atoms. The summed E-state index contributed by atoms with van der Waals surface area (Å²) >= 11 is 0. The van der Waals surface area contributed by atoms with E-state index < -0.39 is 6.43 Å². The van der Waals surface area contributed by atoms with Crippen molar-refractivity contribution in [3.8, 4) is 11.1 Å². The molecule has 8 heteroatoms. The van der Waals surface area contributed by atoms with Crippen LogP contribution in [0.4, 0.5) is 20.2 Å². The van der Waals surface area contributed by atoms with Gasteiger partial charge in [-0.25, -0.2) is 8.78 Å². The van der Waals surface area contributed by atoms with Crippen LogP contribution in [0.25, 0.3) is 11.1 Å². The van der Waals surface area contributed by atoms with Crippen LogP contribution < -0.4 is 10.2 Å². The number of nitrogens with one attached hydrogen (secondary N) is 1. The van der Waals surface area contributed by atoms with Crippen LogP contribution in [0.1, 0.15) is 72.3 Å². The van der Waals surface area contributed by atoms with Crippen LogP contribution in [0.5, 0.6) is 0 Å². The average Bonchev–Trinajstić information content (AvgIpc) is 3.66. The van der Waals surface area contributed by atoms with Gasteiger partial charge in [0.2, 0.25) is 0 Å². The Bertz CT molecular complexity index is 1470. The molecular weight excluding hydrogens is 542 g/mol. The molecule has 0 aliphatic carbocycles. The molecule has 2 aromatic carbocycles. The summed E-state index contributed by atoms with van der Waals surface area (Å²) in [6.07, 6.45) is 9.70. The number of aromatic nitrogens is 2. The minimum Gasteiger partial charge on any atom is -0.369 e. The maximum atomic E-state index is 14.6. The number of nitrogens with zero attached hydrogens (tertiary/aromatic N) is 5. The summed E-state index contributed by atoms with van der Waals surface area (Å²) in [4.78, 5) is 7.30. The molecule has 0 unspecified atom stereocenters. The van der Waals surface area contributed by atoms with E-state index in [1.807, 2.05) is 25.5 Å². The smallest absolute Gasteiger partial charge is 0.264 e. The Hall–Kier alpha value is -3.23. The second-order valence-corrected chi connectivity index (χ2v) is 13.1. The van der Waals surface area contributed by atoms with Crippen LogP contribution in [-0.2, 0) is 26.6 Å². The normalized spacial score (nSPS) is 20.1. The van der Waals surface area contributed by atoms with E-state index in [1.165, 1.54) is 54.6 Å². The quantitative estimate of drug-likeness (QED) is 0.332. The number of aryl methyl sites for hydroxylation is 2. The maximum absolute atomic E-state index is 14.6. The minimum atomic E-state index is -2.56. The fourth-order valence-electron chi connectivity index (χ4n) is 7.91. The predicted molar refractivity (Wildman–Crippen MR) is 169 cm³/mol. The zero-order valence-electron chi connectivity index (χ0n) is 25.4. The number of rotatable bonds is 7. The average molecular weight is 587 g/mol. The first-order chi connectivity index (χ1) is 21.0. The summed E-state index contributed by atoms with van der Waals surface area (Å²) in [5.74, 6) is 1.35. The molecule has 7 rings (SSSR count). The topological polar surface area (TPSA) is 39.6 Å². The Balaban J connectivity index is 1.21. The third-order valence-corrected chi connectivity index (χ3v) is 10.3. The molecule has 4 aliphatic rings. The van der Waals surface area contributed by atoms with Gasteiger partial charge in [0.1, 0.15) is 0 Å². The molecule has 0 saturated carbocycles. The first-order valence-electron chi connectivity index (χ1n) is 16.1. The largest absolute Gasteiger partial charge is 0.369 e. The number of hydrogen-bond acceptors (Lipinski definition) is 5. The zero-order valence-corrected chi connectivity index (χ0v) is 25.4. The minimum absolute atomic E-state index is 0.0836. The van der Waals surface area contributed by atoms with Gasteiger partial charge < -0.3 is 20.0 Å². The summed E-state index contributed by atoms with van der Waals surface area (Å²) in [6, 6.07) is 8.61. The van der Waals surface area contributed by atoms with Gasteiger partial charge in [0.05, 0.1) is 6.20 Å². The number of benzene rings is 2. The van der Waals surface area contributed by atoms with Crippen molar-refractivity contribution in [1.29, 1.82) is 0 Å². The van der Waals surface area contributed by atoms with Gasteiger partial charge in [-0.1, -0.05) is 12.6 Å². The molecule has 6 nitrogen and oxygen atoms in total. The Labute approximate surface area is 254 Å². The number of anilines is 2. The van der Waals surface area contributed by atoms with Crippen molar-refractivity contribution in [3.05, 3.63) is 77.3 Å². The molecule has 0 amide bonds. The van der Waals surface area contributed by atoms with Gasteiger partial charge >= 0.3 is 0 Å². The summed E-state index contributed by atoms with van der Waals surface area (Å²) < 4.78 is 30.8. The zero-order chi connectivity index (χ0) is 29.5. The molecule has 0 radical (unpaired) electrons. The van der Waals surface area contributed by atoms with E-state index in [-0.39, 0.29) is 5.56 Å². The molecule has 3 aromatic rings. The van der Waals surface area contributed by atoms with Crippen molar-refractivity contribution in [2.45, 2.75) is 64.0 Å². The van der Waals surface area contributed by atoms with Crippen molar-refractivity contribution >= 4 is 11.4 Å². The SMILES string of the molecule is C=CN1Cc2cc(C3CCN(CC4CCNCC4)CC3)cc(N3CCCc4cc(-c5cnn(C)c5)c(C(F)F)cc43)c2C1. The second-order valence-electron chi connectivity index (χ2n) is 13.1. The number of hydrogen-bond donors (Lipinski definition) is 1. The van der Waals surface area contributed by atoms with Crippen molar-refractivity contribution in [2.24, 2.45) is 13.0 Å². The van der Waals surface area contributed by atoms with E-state index in [1.54, 1.807) is 16.9 Å². The van der Waals surface area contributed by atoms with Gasteiger partial charge in [-0.2, -0.15) is 5.10 Å². The Kier molecular flexibility index (Phi) is 7.99. The van der Waals surface area contributed by atoms with Crippen LogP contribution >= 0.6 is 0 Å². The van der Waals surface area contributed by atoms with E-state index in [9.17, 15) is 8.78 Å². The Morgan fingerprint density at radius 2 is 1.81 bits per heavy atom. The second kappa shape index (κ2) is 12.0. The van der Waals surface area contributed by atoms with Crippen molar-refractivity contribution in [3.63, 3.8) is 0 Å². The van der Waals surface area contributed by atoms with Crippen LogP contribution in [0.15, 0.2) is 49.4 Å². The molecule has 0 spiro atoms. The third-order valence-electron chi connectivity index (χ3n) is 10.3. The van der Waals surface area contributed by atoms with E-state index >= 15 is 0 Å². The van der Waals surface area contributed by atoms with Gasteiger partial charge in [-0.05, 0) is 123 Å².